The van der Waals surface area contributed by atoms with Crippen LogP contribution in [0.3, 0.4) is 0 Å². The number of carbonyl (C=O) groups is 1. The molecule has 3 N–H and O–H groups in total. The van der Waals surface area contributed by atoms with E-state index < -0.39 is 0 Å². The number of hydrogen-bond acceptors (Lipinski definition) is 3. The molecule has 24 heavy (non-hydrogen) atoms. The second-order valence-electron chi connectivity index (χ2n) is 6.00. The number of hydrogen-bond donors (Lipinski definition) is 2. The molecular formula is C18H25ClN4O. The van der Waals surface area contributed by atoms with E-state index in [-0.39, 0.29) is 11.4 Å². The molecular weight excluding hydrogens is 324 g/mol. The fourth-order valence-electron chi connectivity index (χ4n) is 2.59. The molecule has 0 fully saturated rings. The highest BCUT2D eigenvalue weighted by molar-refractivity contribution is 6.30. The summed E-state index contributed by atoms with van der Waals surface area (Å²) < 4.78 is 1.76. The highest BCUT2D eigenvalue weighted by atomic mass is 35.5. The van der Waals surface area contributed by atoms with Gasteiger partial charge in [-0.05, 0) is 37.5 Å². The number of aromatic nitrogens is 2. The third-order valence-corrected chi connectivity index (χ3v) is 4.75. The number of nitrogens with one attached hydrogen (secondary N) is 1. The summed E-state index contributed by atoms with van der Waals surface area (Å²) in [6.07, 6.45) is 3.91. The Hall–Kier alpha value is -1.85. The Bertz CT molecular complexity index is 707. The number of rotatable bonds is 7. The van der Waals surface area contributed by atoms with Crippen LogP contribution in [0.25, 0.3) is 5.69 Å². The lowest BCUT2D eigenvalue weighted by atomic mass is 9.94. The first-order valence-electron chi connectivity index (χ1n) is 8.34. The monoisotopic (exact) mass is 348 g/mol. The molecule has 1 heterocycles. The van der Waals surface area contributed by atoms with Crippen molar-refractivity contribution in [1.82, 2.24) is 15.1 Å². The summed E-state index contributed by atoms with van der Waals surface area (Å²) in [4.78, 5) is 12.6. The Labute approximate surface area is 148 Å². The average molecular weight is 349 g/mol. The zero-order chi connectivity index (χ0) is 17.7. The molecule has 0 bridgehead atoms. The van der Waals surface area contributed by atoms with Crippen LogP contribution in [0, 0.1) is 0 Å². The molecule has 0 atom stereocenters. The lowest BCUT2D eigenvalue weighted by Gasteiger charge is -2.26. The van der Waals surface area contributed by atoms with Gasteiger partial charge in [0.2, 0.25) is 0 Å². The maximum atomic E-state index is 12.6. The first-order valence-corrected chi connectivity index (χ1v) is 8.71. The van der Waals surface area contributed by atoms with Crippen LogP contribution in [-0.2, 0) is 6.42 Å². The molecule has 6 heteroatoms. The van der Waals surface area contributed by atoms with Gasteiger partial charge in [0.15, 0.2) is 0 Å². The van der Waals surface area contributed by atoms with E-state index in [1.807, 2.05) is 45.0 Å². The van der Waals surface area contributed by atoms with Gasteiger partial charge in [-0.15, -0.1) is 0 Å². The zero-order valence-corrected chi connectivity index (χ0v) is 15.2. The molecule has 0 spiro atoms. The van der Waals surface area contributed by atoms with Gasteiger partial charge in [-0.1, -0.05) is 38.4 Å². The lowest BCUT2D eigenvalue weighted by molar-refractivity contribution is 0.0941. The van der Waals surface area contributed by atoms with Crippen molar-refractivity contribution in [2.24, 2.45) is 5.73 Å². The van der Waals surface area contributed by atoms with Gasteiger partial charge >= 0.3 is 0 Å². The predicted octanol–water partition coefficient (Wildman–Crippen LogP) is 3.34. The fourth-order valence-corrected chi connectivity index (χ4v) is 2.77. The summed E-state index contributed by atoms with van der Waals surface area (Å²) in [6.45, 7) is 6.51. The molecule has 0 aliphatic rings. The van der Waals surface area contributed by atoms with Gasteiger partial charge in [0.1, 0.15) is 0 Å². The summed E-state index contributed by atoms with van der Waals surface area (Å²) in [6, 6.07) is 7.42. The standard InChI is InChI=1S/C18H25ClN4O/c1-4-16-15(17(24)21-12-18(20,5-2)6-3)11-22-23(16)14-9-7-8-13(19)10-14/h7-11H,4-6,12,20H2,1-3H3,(H,21,24). The van der Waals surface area contributed by atoms with E-state index in [9.17, 15) is 4.79 Å². The second kappa shape index (κ2) is 7.81. The first kappa shape index (κ1) is 18.5. The molecule has 0 unspecified atom stereocenters. The molecule has 0 aliphatic heterocycles. The van der Waals surface area contributed by atoms with Gasteiger partial charge in [0, 0.05) is 17.1 Å². The summed E-state index contributed by atoms with van der Waals surface area (Å²) in [5.74, 6) is -0.142. The SMILES string of the molecule is CCc1c(C(=O)NCC(N)(CC)CC)cnn1-c1cccc(Cl)c1. The number of benzene rings is 1. The third kappa shape index (κ3) is 3.97. The smallest absolute Gasteiger partial charge is 0.254 e. The second-order valence-corrected chi connectivity index (χ2v) is 6.44. The van der Waals surface area contributed by atoms with Crippen LogP contribution in [0.5, 0.6) is 0 Å². The molecule has 1 amide bonds. The van der Waals surface area contributed by atoms with Gasteiger partial charge in [-0.2, -0.15) is 5.10 Å². The number of halogens is 1. The Morgan fingerprint density at radius 1 is 1.33 bits per heavy atom. The van der Waals surface area contributed by atoms with E-state index in [0.29, 0.717) is 23.6 Å². The summed E-state index contributed by atoms with van der Waals surface area (Å²) in [7, 11) is 0. The van der Waals surface area contributed by atoms with Crippen molar-refractivity contribution in [2.75, 3.05) is 6.54 Å². The van der Waals surface area contributed by atoms with Crippen LogP contribution in [0.15, 0.2) is 30.5 Å². The molecule has 2 rings (SSSR count). The van der Waals surface area contributed by atoms with Crippen LogP contribution < -0.4 is 11.1 Å². The van der Waals surface area contributed by atoms with E-state index in [4.69, 9.17) is 17.3 Å². The van der Waals surface area contributed by atoms with Crippen LogP contribution in [0.4, 0.5) is 0 Å². The Morgan fingerprint density at radius 2 is 2.04 bits per heavy atom. The molecule has 130 valence electrons. The van der Waals surface area contributed by atoms with Crippen molar-refractivity contribution in [1.29, 1.82) is 0 Å². The molecule has 1 aromatic carbocycles. The van der Waals surface area contributed by atoms with Crippen molar-refractivity contribution in [3.8, 4) is 5.69 Å². The highest BCUT2D eigenvalue weighted by Gasteiger charge is 2.23. The van der Waals surface area contributed by atoms with E-state index >= 15 is 0 Å². The van der Waals surface area contributed by atoms with Gasteiger partial charge in [0.05, 0.1) is 23.1 Å². The van der Waals surface area contributed by atoms with Crippen LogP contribution in [0.1, 0.15) is 49.7 Å². The maximum Gasteiger partial charge on any atom is 0.254 e. The predicted molar refractivity (Wildman–Crippen MR) is 97.8 cm³/mol. The van der Waals surface area contributed by atoms with Gasteiger partial charge < -0.3 is 11.1 Å². The zero-order valence-electron chi connectivity index (χ0n) is 14.5. The van der Waals surface area contributed by atoms with Crippen molar-refractivity contribution < 1.29 is 4.79 Å². The molecule has 5 nitrogen and oxygen atoms in total. The van der Waals surface area contributed by atoms with Crippen LogP contribution >= 0.6 is 11.6 Å². The van der Waals surface area contributed by atoms with Gasteiger partial charge in [-0.25, -0.2) is 4.68 Å². The number of nitrogens with zero attached hydrogens (tertiary/aromatic N) is 2. The first-order chi connectivity index (χ1) is 11.4. The number of amides is 1. The minimum atomic E-state index is -0.370. The summed E-state index contributed by atoms with van der Waals surface area (Å²) in [5.41, 5.74) is 8.16. The Kier molecular flexibility index (Phi) is 6.02. The van der Waals surface area contributed by atoms with Crippen LogP contribution in [-0.4, -0.2) is 27.8 Å². The fraction of sp³-hybridized carbons (Fsp3) is 0.444. The van der Waals surface area contributed by atoms with Crippen molar-refractivity contribution in [3.05, 3.63) is 46.7 Å². The Morgan fingerprint density at radius 3 is 2.62 bits per heavy atom. The maximum absolute atomic E-state index is 12.6. The largest absolute Gasteiger partial charge is 0.350 e. The third-order valence-electron chi connectivity index (χ3n) is 4.51. The number of carbonyl (C=O) groups excluding carboxylic acids is 1. The average Bonchev–Trinajstić information content (AvgIpc) is 3.03. The normalized spacial score (nSPS) is 11.5. The van der Waals surface area contributed by atoms with Crippen molar-refractivity contribution in [2.45, 2.75) is 45.6 Å². The van der Waals surface area contributed by atoms with Gasteiger partial charge in [0.25, 0.3) is 5.91 Å². The molecule has 0 radical (unpaired) electrons. The molecule has 2 aromatic rings. The Balaban J connectivity index is 2.24. The minimum Gasteiger partial charge on any atom is -0.350 e. The molecule has 0 aliphatic carbocycles. The topological polar surface area (TPSA) is 72.9 Å². The molecule has 0 saturated carbocycles. The van der Waals surface area contributed by atoms with E-state index in [0.717, 1.165) is 24.2 Å². The van der Waals surface area contributed by atoms with E-state index in [1.165, 1.54) is 0 Å². The summed E-state index contributed by atoms with van der Waals surface area (Å²) in [5, 5.41) is 7.95. The molecule has 1 aromatic heterocycles. The highest BCUT2D eigenvalue weighted by Crippen LogP contribution is 2.19. The van der Waals surface area contributed by atoms with E-state index in [2.05, 4.69) is 10.4 Å². The van der Waals surface area contributed by atoms with Crippen molar-refractivity contribution >= 4 is 17.5 Å². The number of nitrogens with two attached hydrogens (primary N) is 1. The minimum absolute atomic E-state index is 0.142. The summed E-state index contributed by atoms with van der Waals surface area (Å²) >= 11 is 6.06. The van der Waals surface area contributed by atoms with E-state index in [1.54, 1.807) is 10.9 Å². The van der Waals surface area contributed by atoms with Crippen LogP contribution in [0.2, 0.25) is 5.02 Å². The van der Waals surface area contributed by atoms with Crippen molar-refractivity contribution in [3.63, 3.8) is 0 Å². The molecule has 0 saturated heterocycles. The van der Waals surface area contributed by atoms with Gasteiger partial charge in [-0.3, -0.25) is 4.79 Å². The quantitative estimate of drug-likeness (QED) is 0.806. The lowest BCUT2D eigenvalue weighted by Crippen LogP contribution is -2.49.